The van der Waals surface area contributed by atoms with Crippen LogP contribution in [0.2, 0.25) is 0 Å². The second-order valence-corrected chi connectivity index (χ2v) is 13.5. The van der Waals surface area contributed by atoms with Crippen molar-refractivity contribution in [1.82, 2.24) is 4.90 Å². The van der Waals surface area contributed by atoms with E-state index in [9.17, 15) is 14.4 Å². The van der Waals surface area contributed by atoms with Crippen LogP contribution in [0.4, 0.5) is 0 Å². The molecule has 2 aliphatic heterocycles. The monoisotopic (exact) mass is 513 g/mol. The van der Waals surface area contributed by atoms with Gasteiger partial charge in [0.2, 0.25) is 0 Å². The van der Waals surface area contributed by atoms with Gasteiger partial charge in [0.1, 0.15) is 17.8 Å². The highest BCUT2D eigenvalue weighted by Crippen LogP contribution is 2.71. The van der Waals surface area contributed by atoms with E-state index >= 15 is 0 Å². The Morgan fingerprint density at radius 2 is 1.81 bits per heavy atom. The summed E-state index contributed by atoms with van der Waals surface area (Å²) in [6, 6.07) is 0. The zero-order valence-corrected chi connectivity index (χ0v) is 21.7. The molecule has 6 bridgehead atoms. The van der Waals surface area contributed by atoms with Crippen LogP contribution >= 0.6 is 0 Å². The number of nitrogens with zero attached hydrogens (tertiary/aromatic N) is 1. The fourth-order valence-corrected chi connectivity index (χ4v) is 11.2. The molecule has 0 spiro atoms. The Bertz CT molecular complexity index is 1010. The van der Waals surface area contributed by atoms with Crippen LogP contribution in [0.3, 0.4) is 0 Å². The summed E-state index contributed by atoms with van der Waals surface area (Å²) in [5.74, 6) is 2.34. The minimum atomic E-state index is -0.559. The van der Waals surface area contributed by atoms with Gasteiger partial charge in [-0.3, -0.25) is 19.3 Å². The molecule has 8 aliphatic rings. The Kier molecular flexibility index (Phi) is 5.13. The highest BCUT2D eigenvalue weighted by Gasteiger charge is 2.72. The Morgan fingerprint density at radius 3 is 2.59 bits per heavy atom. The van der Waals surface area contributed by atoms with Crippen LogP contribution in [0, 0.1) is 59.2 Å². The minimum absolute atomic E-state index is 0.0520. The van der Waals surface area contributed by atoms with Crippen LogP contribution in [-0.4, -0.2) is 73.5 Å². The third-order valence-corrected chi connectivity index (χ3v) is 12.3. The summed E-state index contributed by atoms with van der Waals surface area (Å²) in [6.07, 6.45) is 6.89. The molecule has 2 saturated heterocycles. The standard InChI is InChI=1S/C29H39NO7/c1-2-29(12-16-10-19(29)22-15-4-3-14(9-15)21(16)22)37-28(33)24-18-11-17-23(24)27(32)36-26(17)25(18)35-20(31)13-30-5-7-34-8-6-30/h14-19,21-26H,2-13H2,1H3. The van der Waals surface area contributed by atoms with E-state index in [0.29, 0.717) is 44.6 Å². The maximum atomic E-state index is 14.0. The van der Waals surface area contributed by atoms with Gasteiger partial charge >= 0.3 is 17.9 Å². The predicted molar refractivity (Wildman–Crippen MR) is 129 cm³/mol. The van der Waals surface area contributed by atoms with Crippen molar-refractivity contribution in [3.8, 4) is 0 Å². The van der Waals surface area contributed by atoms with E-state index < -0.39 is 24.0 Å². The van der Waals surface area contributed by atoms with Crippen LogP contribution in [0.15, 0.2) is 0 Å². The third kappa shape index (κ3) is 3.17. The number of fused-ring (bicyclic) bond motifs is 10. The molecule has 8 fully saturated rings. The van der Waals surface area contributed by atoms with Crippen LogP contribution in [0.1, 0.15) is 51.9 Å². The highest BCUT2D eigenvalue weighted by molar-refractivity contribution is 5.86. The van der Waals surface area contributed by atoms with Crippen LogP contribution in [0.25, 0.3) is 0 Å². The Balaban J connectivity index is 0.999. The summed E-state index contributed by atoms with van der Waals surface area (Å²) >= 11 is 0. The number of rotatable bonds is 6. The maximum Gasteiger partial charge on any atom is 0.320 e. The number of carbonyl (C=O) groups is 3. The number of hydrogen-bond donors (Lipinski definition) is 0. The summed E-state index contributed by atoms with van der Waals surface area (Å²) in [5, 5.41) is 0. The Hall–Kier alpha value is -1.67. The molecule has 37 heavy (non-hydrogen) atoms. The lowest BCUT2D eigenvalue weighted by Gasteiger charge is -2.46. The second kappa shape index (κ2) is 8.17. The molecule has 0 aromatic rings. The van der Waals surface area contributed by atoms with E-state index in [1.165, 1.54) is 25.7 Å². The predicted octanol–water partition coefficient (Wildman–Crippen LogP) is 2.43. The molecule has 202 valence electrons. The molecule has 0 aromatic heterocycles. The van der Waals surface area contributed by atoms with E-state index in [2.05, 4.69) is 6.92 Å². The number of ether oxygens (including phenoxy) is 4. The van der Waals surface area contributed by atoms with Crippen LogP contribution in [0.5, 0.6) is 0 Å². The summed E-state index contributed by atoms with van der Waals surface area (Å²) < 4.78 is 23.7. The normalized spacial score (nSPS) is 52.5. The molecule has 0 N–H and O–H groups in total. The average molecular weight is 514 g/mol. The van der Waals surface area contributed by atoms with Gasteiger partial charge in [-0.05, 0) is 74.5 Å². The van der Waals surface area contributed by atoms with Crippen molar-refractivity contribution in [3.63, 3.8) is 0 Å². The zero-order valence-electron chi connectivity index (χ0n) is 21.7. The molecule has 0 aromatic carbocycles. The van der Waals surface area contributed by atoms with Crippen molar-refractivity contribution < 1.29 is 33.3 Å². The average Bonchev–Trinajstić information content (AvgIpc) is 3.72. The lowest BCUT2D eigenvalue weighted by atomic mass is 9.65. The first-order chi connectivity index (χ1) is 18.0. The summed E-state index contributed by atoms with van der Waals surface area (Å²) in [4.78, 5) is 41.8. The smallest absolute Gasteiger partial charge is 0.320 e. The summed E-state index contributed by atoms with van der Waals surface area (Å²) in [7, 11) is 0. The first kappa shape index (κ1) is 23.2. The molecular weight excluding hydrogens is 474 g/mol. The van der Waals surface area contributed by atoms with Crippen molar-refractivity contribution >= 4 is 17.9 Å². The zero-order chi connectivity index (χ0) is 25.1. The van der Waals surface area contributed by atoms with Crippen LogP contribution < -0.4 is 0 Å². The topological polar surface area (TPSA) is 91.4 Å². The fraction of sp³-hybridized carbons (Fsp3) is 0.897. The number of carbonyl (C=O) groups excluding carboxylic acids is 3. The van der Waals surface area contributed by atoms with E-state index in [0.717, 1.165) is 36.5 Å². The molecule has 0 amide bonds. The molecule has 8 rings (SSSR count). The van der Waals surface area contributed by atoms with E-state index in [4.69, 9.17) is 18.9 Å². The van der Waals surface area contributed by atoms with Crippen molar-refractivity contribution in [2.45, 2.75) is 69.7 Å². The van der Waals surface area contributed by atoms with Crippen molar-refractivity contribution in [3.05, 3.63) is 0 Å². The Labute approximate surface area is 218 Å². The van der Waals surface area contributed by atoms with Gasteiger partial charge in [-0.2, -0.15) is 0 Å². The quantitative estimate of drug-likeness (QED) is 0.304. The van der Waals surface area contributed by atoms with Crippen LogP contribution in [-0.2, 0) is 33.3 Å². The van der Waals surface area contributed by atoms with Gasteiger partial charge in [-0.25, -0.2) is 0 Å². The summed E-state index contributed by atoms with van der Waals surface area (Å²) in [5.41, 5.74) is -0.389. The first-order valence-corrected chi connectivity index (χ1v) is 14.9. The summed E-state index contributed by atoms with van der Waals surface area (Å²) in [6.45, 7) is 5.00. The molecule has 13 atom stereocenters. The van der Waals surface area contributed by atoms with Crippen molar-refractivity contribution in [1.29, 1.82) is 0 Å². The van der Waals surface area contributed by atoms with Crippen molar-refractivity contribution in [2.24, 2.45) is 59.2 Å². The van der Waals surface area contributed by atoms with Gasteiger partial charge in [0.15, 0.2) is 0 Å². The fourth-order valence-electron chi connectivity index (χ4n) is 11.2. The molecule has 13 unspecified atom stereocenters. The van der Waals surface area contributed by atoms with E-state index in [1.807, 2.05) is 4.90 Å². The second-order valence-electron chi connectivity index (χ2n) is 13.5. The van der Waals surface area contributed by atoms with Crippen molar-refractivity contribution in [2.75, 3.05) is 32.8 Å². The van der Waals surface area contributed by atoms with Gasteiger partial charge in [-0.15, -0.1) is 0 Å². The molecule has 0 radical (unpaired) electrons. The van der Waals surface area contributed by atoms with Gasteiger partial charge in [0.25, 0.3) is 0 Å². The molecule has 8 heteroatoms. The molecule has 6 aliphatic carbocycles. The van der Waals surface area contributed by atoms with Gasteiger partial charge in [0.05, 0.1) is 31.6 Å². The number of morpholine rings is 1. The number of hydrogen-bond acceptors (Lipinski definition) is 8. The highest BCUT2D eigenvalue weighted by atomic mass is 16.6. The van der Waals surface area contributed by atoms with E-state index in [1.54, 1.807) is 0 Å². The van der Waals surface area contributed by atoms with E-state index in [-0.39, 0.29) is 41.9 Å². The van der Waals surface area contributed by atoms with Gasteiger partial charge in [-0.1, -0.05) is 6.92 Å². The first-order valence-electron chi connectivity index (χ1n) is 14.9. The molecular formula is C29H39NO7. The van der Waals surface area contributed by atoms with Gasteiger partial charge in [0, 0.05) is 30.8 Å². The Morgan fingerprint density at radius 1 is 1.03 bits per heavy atom. The SMILES string of the molecule is CCC1(OC(=O)C2C3CC4C(OC(=O)C42)C3OC(=O)CN2CCOCC2)CC2CC1C1C3CCC(C3)C21. The lowest BCUT2D eigenvalue weighted by Crippen LogP contribution is -2.51. The molecule has 2 heterocycles. The lowest BCUT2D eigenvalue weighted by molar-refractivity contribution is -0.185. The molecule has 8 nitrogen and oxygen atoms in total. The third-order valence-electron chi connectivity index (χ3n) is 12.3. The molecule has 6 saturated carbocycles. The number of esters is 3. The largest absolute Gasteiger partial charge is 0.459 e. The maximum absolute atomic E-state index is 14.0. The minimum Gasteiger partial charge on any atom is -0.459 e. The van der Waals surface area contributed by atoms with Gasteiger partial charge < -0.3 is 18.9 Å².